The zero-order valence-corrected chi connectivity index (χ0v) is 17.6. The number of nitrogens with one attached hydrogen (secondary N) is 1. The first-order chi connectivity index (χ1) is 16.2. The monoisotopic (exact) mass is 590 g/mol. The standard InChI is InChI=1S/C16H15F17N2O2/c17-9(18,8(36)34-2-1-3-35-4-6-37-7-5-35)10(19,20)11(21,22)12(23,24)13(25,26)14(27,28)15(29,30)16(31,32)33/h1-7H2,(H,34,36). The number of nitrogens with zero attached hydrogens (tertiary/aromatic N) is 1. The first kappa shape index (κ1) is 33.2. The quantitative estimate of drug-likeness (QED) is 0.277. The highest BCUT2D eigenvalue weighted by Crippen LogP contribution is 2.63. The number of rotatable bonds is 11. The molecule has 0 aromatic heterocycles. The van der Waals surface area contributed by atoms with Crippen LogP contribution in [-0.4, -0.2) is 97.8 Å². The van der Waals surface area contributed by atoms with E-state index in [-0.39, 0.29) is 39.3 Å². The molecule has 1 heterocycles. The Hall–Kier alpha value is -1.80. The highest BCUT2D eigenvalue weighted by molar-refractivity contribution is 5.84. The molecule has 0 aromatic rings. The van der Waals surface area contributed by atoms with Crippen molar-refractivity contribution in [3.05, 3.63) is 0 Å². The number of carbonyl (C=O) groups is 1. The molecule has 21 heteroatoms. The Balaban J connectivity index is 3.21. The van der Waals surface area contributed by atoms with Gasteiger partial charge < -0.3 is 10.1 Å². The van der Waals surface area contributed by atoms with E-state index in [1.54, 1.807) is 4.90 Å². The van der Waals surface area contributed by atoms with Crippen molar-refractivity contribution in [2.45, 2.75) is 54.1 Å². The summed E-state index contributed by atoms with van der Waals surface area (Å²) in [4.78, 5) is 12.9. The zero-order valence-electron chi connectivity index (χ0n) is 17.6. The molecule has 0 spiro atoms. The zero-order chi connectivity index (χ0) is 29.5. The normalized spacial score (nSPS) is 18.2. The number of hydrogen-bond acceptors (Lipinski definition) is 3. The Labute approximate surface area is 195 Å². The van der Waals surface area contributed by atoms with Crippen LogP contribution in [0.25, 0.3) is 0 Å². The molecule has 0 unspecified atom stereocenters. The van der Waals surface area contributed by atoms with Crippen LogP contribution in [0.1, 0.15) is 6.42 Å². The molecule has 220 valence electrons. The number of carbonyl (C=O) groups excluding carboxylic acids is 1. The van der Waals surface area contributed by atoms with Crippen LogP contribution in [0.4, 0.5) is 74.6 Å². The molecule has 1 rings (SSSR count). The highest BCUT2D eigenvalue weighted by Gasteiger charge is 2.95. The molecule has 0 atom stereocenters. The maximum Gasteiger partial charge on any atom is 0.460 e. The molecule has 1 amide bonds. The number of halogens is 17. The smallest absolute Gasteiger partial charge is 0.379 e. The van der Waals surface area contributed by atoms with E-state index in [1.807, 2.05) is 0 Å². The topological polar surface area (TPSA) is 41.6 Å². The van der Waals surface area contributed by atoms with Gasteiger partial charge in [-0.25, -0.2) is 0 Å². The molecule has 1 saturated heterocycles. The third-order valence-electron chi connectivity index (χ3n) is 5.05. The van der Waals surface area contributed by atoms with Gasteiger partial charge in [-0.1, -0.05) is 0 Å². The lowest BCUT2D eigenvalue weighted by atomic mass is 9.89. The van der Waals surface area contributed by atoms with E-state index in [4.69, 9.17) is 4.74 Å². The van der Waals surface area contributed by atoms with Crippen LogP contribution in [0.15, 0.2) is 0 Å². The van der Waals surface area contributed by atoms with Gasteiger partial charge in [-0.15, -0.1) is 0 Å². The Morgan fingerprint density at radius 2 is 1.00 bits per heavy atom. The average Bonchev–Trinajstić information content (AvgIpc) is 2.75. The Morgan fingerprint density at radius 1 is 0.622 bits per heavy atom. The molecule has 1 aliphatic rings. The van der Waals surface area contributed by atoms with Crippen molar-refractivity contribution in [1.29, 1.82) is 0 Å². The first-order valence-electron chi connectivity index (χ1n) is 9.55. The van der Waals surface area contributed by atoms with Gasteiger partial charge in [-0.05, 0) is 13.0 Å². The molecule has 0 radical (unpaired) electrons. The second kappa shape index (κ2) is 10.1. The summed E-state index contributed by atoms with van der Waals surface area (Å²) in [5, 5.41) is 0.896. The number of alkyl halides is 17. The molecule has 4 nitrogen and oxygen atoms in total. The van der Waals surface area contributed by atoms with E-state index in [0.29, 0.717) is 0 Å². The Bertz CT molecular complexity index is 806. The molecular weight excluding hydrogens is 575 g/mol. The van der Waals surface area contributed by atoms with Crippen molar-refractivity contribution in [2.24, 2.45) is 0 Å². The van der Waals surface area contributed by atoms with Gasteiger partial charge in [0, 0.05) is 19.6 Å². The summed E-state index contributed by atoms with van der Waals surface area (Å²) in [5.41, 5.74) is 0. The van der Waals surface area contributed by atoms with Crippen molar-refractivity contribution in [3.63, 3.8) is 0 Å². The van der Waals surface area contributed by atoms with E-state index in [1.165, 1.54) is 0 Å². The number of amides is 1. The van der Waals surface area contributed by atoms with Crippen molar-refractivity contribution >= 4 is 5.91 Å². The summed E-state index contributed by atoms with van der Waals surface area (Å²) in [7, 11) is 0. The summed E-state index contributed by atoms with van der Waals surface area (Å²) in [6, 6.07) is 0. The van der Waals surface area contributed by atoms with Crippen LogP contribution in [-0.2, 0) is 9.53 Å². The largest absolute Gasteiger partial charge is 0.460 e. The predicted octanol–water partition coefficient (Wildman–Crippen LogP) is 4.83. The van der Waals surface area contributed by atoms with E-state index in [9.17, 15) is 79.4 Å². The molecule has 0 bridgehead atoms. The van der Waals surface area contributed by atoms with Crippen LogP contribution in [0.2, 0.25) is 0 Å². The van der Waals surface area contributed by atoms with Crippen molar-refractivity contribution in [3.8, 4) is 0 Å². The molecule has 1 aliphatic heterocycles. The Kier molecular flexibility index (Phi) is 9.04. The van der Waals surface area contributed by atoms with Crippen LogP contribution < -0.4 is 5.32 Å². The second-order valence-corrected chi connectivity index (χ2v) is 7.58. The molecule has 1 fully saturated rings. The predicted molar refractivity (Wildman–Crippen MR) is 85.6 cm³/mol. The van der Waals surface area contributed by atoms with Crippen molar-refractivity contribution in [1.82, 2.24) is 10.2 Å². The third kappa shape index (κ3) is 5.25. The number of morpholine rings is 1. The minimum Gasteiger partial charge on any atom is -0.379 e. The Morgan fingerprint density at radius 3 is 1.41 bits per heavy atom. The van der Waals surface area contributed by atoms with Crippen molar-refractivity contribution in [2.75, 3.05) is 39.4 Å². The van der Waals surface area contributed by atoms with Gasteiger partial charge in [-0.3, -0.25) is 9.69 Å². The number of hydrogen-bond donors (Lipinski definition) is 1. The lowest BCUT2D eigenvalue weighted by molar-refractivity contribution is -0.459. The summed E-state index contributed by atoms with van der Waals surface area (Å²) < 4.78 is 229. The summed E-state index contributed by atoms with van der Waals surface area (Å²) >= 11 is 0. The van der Waals surface area contributed by atoms with Crippen LogP contribution in [0, 0.1) is 0 Å². The SMILES string of the molecule is O=C(NCCCN1CCOCC1)C(F)(F)C(F)(F)C(F)(F)C(F)(F)C(F)(F)C(F)(F)C(F)(F)C(F)(F)F. The van der Waals surface area contributed by atoms with Crippen LogP contribution in [0.5, 0.6) is 0 Å². The minimum absolute atomic E-state index is 0.0332. The van der Waals surface area contributed by atoms with Crippen LogP contribution >= 0.6 is 0 Å². The fraction of sp³-hybridized carbons (Fsp3) is 0.938. The fourth-order valence-corrected chi connectivity index (χ4v) is 2.75. The van der Waals surface area contributed by atoms with E-state index >= 15 is 0 Å². The second-order valence-electron chi connectivity index (χ2n) is 7.58. The maximum absolute atomic E-state index is 13.7. The minimum atomic E-state index is -8.73. The average molecular weight is 590 g/mol. The fourth-order valence-electron chi connectivity index (χ4n) is 2.75. The summed E-state index contributed by atoms with van der Waals surface area (Å²) in [6.45, 7) is -0.0348. The molecule has 0 aliphatic carbocycles. The van der Waals surface area contributed by atoms with Gasteiger partial charge in [0.15, 0.2) is 0 Å². The summed E-state index contributed by atoms with van der Waals surface area (Å²) in [5.74, 6) is -61.3. The lowest BCUT2D eigenvalue weighted by Crippen LogP contribution is -2.75. The lowest BCUT2D eigenvalue weighted by Gasteiger charge is -2.42. The van der Waals surface area contributed by atoms with Gasteiger partial charge >= 0.3 is 47.6 Å². The van der Waals surface area contributed by atoms with E-state index in [0.717, 1.165) is 5.32 Å². The van der Waals surface area contributed by atoms with Crippen molar-refractivity contribution < 1.29 is 84.2 Å². The highest BCUT2D eigenvalue weighted by atomic mass is 19.4. The van der Waals surface area contributed by atoms with Gasteiger partial charge in [0.2, 0.25) is 0 Å². The number of ether oxygens (including phenoxy) is 1. The maximum atomic E-state index is 13.7. The van der Waals surface area contributed by atoms with Gasteiger partial charge in [0.05, 0.1) is 13.2 Å². The molecule has 37 heavy (non-hydrogen) atoms. The van der Waals surface area contributed by atoms with E-state index < -0.39 is 60.1 Å². The molecule has 0 saturated carbocycles. The van der Waals surface area contributed by atoms with Crippen LogP contribution in [0.3, 0.4) is 0 Å². The van der Waals surface area contributed by atoms with Gasteiger partial charge in [0.1, 0.15) is 0 Å². The molecular formula is C16H15F17N2O2. The van der Waals surface area contributed by atoms with Gasteiger partial charge in [-0.2, -0.15) is 74.6 Å². The van der Waals surface area contributed by atoms with Gasteiger partial charge in [0.25, 0.3) is 5.91 Å². The first-order valence-corrected chi connectivity index (χ1v) is 9.55. The van der Waals surface area contributed by atoms with E-state index in [2.05, 4.69) is 0 Å². The summed E-state index contributed by atoms with van der Waals surface area (Å²) in [6.07, 6.45) is -8.17. The molecule has 0 aromatic carbocycles. The third-order valence-corrected chi connectivity index (χ3v) is 5.05. The molecule has 1 N–H and O–H groups in total.